The van der Waals surface area contributed by atoms with Crippen molar-refractivity contribution in [1.29, 1.82) is 0 Å². The maximum Gasteiger partial charge on any atom is 0.397 e. The molecule has 3 fully saturated rings. The van der Waals surface area contributed by atoms with E-state index in [1.54, 1.807) is 0 Å². The Labute approximate surface area is 219 Å². The van der Waals surface area contributed by atoms with Crippen LogP contribution < -0.4 is 0 Å². The van der Waals surface area contributed by atoms with Crippen LogP contribution in [0.15, 0.2) is 0 Å². The van der Waals surface area contributed by atoms with Gasteiger partial charge in [-0.2, -0.15) is 8.42 Å². The molecule has 0 aliphatic carbocycles. The summed E-state index contributed by atoms with van der Waals surface area (Å²) in [5.41, 5.74) is 0. The van der Waals surface area contributed by atoms with Crippen LogP contribution in [0, 0.1) is 0 Å². The van der Waals surface area contributed by atoms with Crippen molar-refractivity contribution in [3.05, 3.63) is 0 Å². The van der Waals surface area contributed by atoms with Crippen molar-refractivity contribution in [2.75, 3.05) is 13.2 Å². The molecule has 0 radical (unpaired) electrons. The fraction of sp³-hybridized carbons (Fsp3) is 0.944. The third-order valence-electron chi connectivity index (χ3n) is 6.26. The van der Waals surface area contributed by atoms with Crippen molar-refractivity contribution in [2.24, 2.45) is 0 Å². The largest absolute Gasteiger partial charge is 0.479 e. The van der Waals surface area contributed by atoms with Gasteiger partial charge in [-0.15, -0.1) is 0 Å². The molecule has 0 spiro atoms. The summed E-state index contributed by atoms with van der Waals surface area (Å²) >= 11 is 0. The Morgan fingerprint density at radius 3 is 1.74 bits per heavy atom. The van der Waals surface area contributed by atoms with Gasteiger partial charge in [0, 0.05) is 0 Å². The lowest BCUT2D eigenvalue weighted by Gasteiger charge is -2.47. The van der Waals surface area contributed by atoms with Crippen LogP contribution in [0.25, 0.3) is 0 Å². The molecule has 0 unspecified atom stereocenters. The van der Waals surface area contributed by atoms with Gasteiger partial charge in [-0.05, 0) is 0 Å². The molecular formula is C18H30O20S. The third-order valence-corrected chi connectivity index (χ3v) is 6.73. The first-order valence-electron chi connectivity index (χ1n) is 11.2. The Morgan fingerprint density at radius 1 is 0.667 bits per heavy atom. The summed E-state index contributed by atoms with van der Waals surface area (Å²) in [6.07, 6.45) is -30.3. The second-order valence-electron chi connectivity index (χ2n) is 8.87. The number of hydrogen-bond acceptors (Lipinski definition) is 18. The van der Waals surface area contributed by atoms with Crippen molar-refractivity contribution in [1.82, 2.24) is 0 Å². The monoisotopic (exact) mass is 598 g/mol. The fourth-order valence-corrected chi connectivity index (χ4v) is 4.79. The van der Waals surface area contributed by atoms with E-state index in [2.05, 4.69) is 4.18 Å². The predicted octanol–water partition coefficient (Wildman–Crippen LogP) is -7.65. The Kier molecular flexibility index (Phi) is 10.6. The molecule has 0 aromatic rings. The zero-order valence-corrected chi connectivity index (χ0v) is 20.4. The summed E-state index contributed by atoms with van der Waals surface area (Å²) in [6.45, 7) is -1.82. The average Bonchev–Trinajstić information content (AvgIpc) is 2.86. The van der Waals surface area contributed by atoms with Crippen molar-refractivity contribution in [2.45, 2.75) is 92.1 Å². The second-order valence-corrected chi connectivity index (χ2v) is 9.92. The van der Waals surface area contributed by atoms with E-state index < -0.39 is 122 Å². The molecule has 0 aromatic carbocycles. The molecule has 0 amide bonds. The quantitative estimate of drug-likeness (QED) is 0.110. The van der Waals surface area contributed by atoms with E-state index in [1.807, 2.05) is 0 Å². The molecule has 0 aromatic heterocycles. The molecule has 39 heavy (non-hydrogen) atoms. The summed E-state index contributed by atoms with van der Waals surface area (Å²) < 4.78 is 61.3. The molecule has 15 atom stereocenters. The van der Waals surface area contributed by atoms with Crippen LogP contribution in [0.4, 0.5) is 0 Å². The van der Waals surface area contributed by atoms with Gasteiger partial charge >= 0.3 is 16.4 Å². The van der Waals surface area contributed by atoms with Gasteiger partial charge in [-0.25, -0.2) is 8.98 Å². The van der Waals surface area contributed by atoms with Gasteiger partial charge in [0.1, 0.15) is 67.1 Å². The van der Waals surface area contributed by atoms with Crippen LogP contribution in [0.3, 0.4) is 0 Å². The summed E-state index contributed by atoms with van der Waals surface area (Å²) in [5, 5.41) is 100. The van der Waals surface area contributed by atoms with Crippen LogP contribution >= 0.6 is 0 Å². The first-order valence-corrected chi connectivity index (χ1v) is 12.6. The van der Waals surface area contributed by atoms with Crippen LogP contribution in [0.1, 0.15) is 0 Å². The minimum atomic E-state index is -5.37. The lowest BCUT2D eigenvalue weighted by atomic mass is 9.96. The topological polar surface area (TPSA) is 329 Å². The highest BCUT2D eigenvalue weighted by molar-refractivity contribution is 7.80. The number of carboxylic acid groups (broad SMARTS) is 1. The van der Waals surface area contributed by atoms with Gasteiger partial charge < -0.3 is 74.7 Å². The molecule has 3 aliphatic heterocycles. The Balaban J connectivity index is 1.85. The Hall–Kier alpha value is -1.22. The number of hydrogen-bond donors (Lipinski definition) is 11. The zero-order valence-electron chi connectivity index (χ0n) is 19.6. The smallest absolute Gasteiger partial charge is 0.397 e. The van der Waals surface area contributed by atoms with Crippen molar-refractivity contribution >= 4 is 16.4 Å². The maximum absolute atomic E-state index is 11.5. The molecule has 11 N–H and O–H groups in total. The first-order chi connectivity index (χ1) is 18.1. The molecule has 21 heteroatoms. The molecule has 20 nitrogen and oxygen atoms in total. The van der Waals surface area contributed by atoms with Gasteiger partial charge in [0.05, 0.1) is 13.2 Å². The fourth-order valence-electron chi connectivity index (χ4n) is 4.28. The highest BCUT2D eigenvalue weighted by atomic mass is 32.3. The summed E-state index contributed by atoms with van der Waals surface area (Å²) in [5.74, 6) is -1.89. The first kappa shape index (κ1) is 32.3. The highest BCUT2D eigenvalue weighted by Crippen LogP contribution is 2.33. The molecule has 0 bridgehead atoms. The van der Waals surface area contributed by atoms with Gasteiger partial charge in [0.15, 0.2) is 25.0 Å². The molecule has 3 heterocycles. The number of aliphatic hydroxyl groups is 9. The summed E-state index contributed by atoms with van der Waals surface area (Å²) in [4.78, 5) is 11.5. The maximum atomic E-state index is 11.5. The van der Waals surface area contributed by atoms with E-state index in [0.29, 0.717) is 0 Å². The van der Waals surface area contributed by atoms with Crippen molar-refractivity contribution < 1.29 is 96.7 Å². The number of carboxylic acids is 1. The second kappa shape index (κ2) is 12.7. The summed E-state index contributed by atoms with van der Waals surface area (Å²) in [7, 11) is -5.37. The number of carbonyl (C=O) groups is 1. The summed E-state index contributed by atoms with van der Waals surface area (Å²) in [6, 6.07) is 0. The number of aliphatic hydroxyl groups excluding tert-OH is 9. The van der Waals surface area contributed by atoms with Crippen molar-refractivity contribution in [3.8, 4) is 0 Å². The predicted molar refractivity (Wildman–Crippen MR) is 112 cm³/mol. The lowest BCUT2D eigenvalue weighted by Crippen LogP contribution is -2.67. The zero-order chi connectivity index (χ0) is 29.4. The van der Waals surface area contributed by atoms with Crippen LogP contribution in [-0.4, -0.2) is 175 Å². The van der Waals surface area contributed by atoms with Gasteiger partial charge in [0.2, 0.25) is 0 Å². The van der Waals surface area contributed by atoms with E-state index >= 15 is 0 Å². The molecule has 3 rings (SSSR count). The molecule has 0 saturated carbocycles. The van der Waals surface area contributed by atoms with E-state index in [-0.39, 0.29) is 0 Å². The van der Waals surface area contributed by atoms with E-state index in [9.17, 15) is 64.3 Å². The van der Waals surface area contributed by atoms with Crippen molar-refractivity contribution in [3.63, 3.8) is 0 Å². The standard InChI is InChI=1S/C18H30O20S/c19-1-3-5(21)12(9(25)17(34-3)35-11-4(2-20)33-16(29)7(23)6(11)22)36-18-10(26)13(38-39(30,31)32)8(24)14(37-18)15(27)28/h3-14,16-26,29H,1-2H2,(H,27,28)(H,30,31,32)/t3-,4-,5+,6-,7-,8+,9-,10-,11-,12+,13+,14+,16-,17+,18-/m1/s1. The third kappa shape index (κ3) is 6.99. The normalized spacial score (nSPS) is 47.6. The minimum absolute atomic E-state index is 0.865. The number of aliphatic carboxylic acids is 1. The van der Waals surface area contributed by atoms with Gasteiger partial charge in [-0.1, -0.05) is 0 Å². The molecule has 3 saturated heterocycles. The van der Waals surface area contributed by atoms with Crippen LogP contribution in [-0.2, 0) is 43.1 Å². The highest BCUT2D eigenvalue weighted by Gasteiger charge is 2.55. The van der Waals surface area contributed by atoms with Crippen LogP contribution in [0.2, 0.25) is 0 Å². The average molecular weight is 598 g/mol. The lowest BCUT2D eigenvalue weighted by molar-refractivity contribution is -0.376. The van der Waals surface area contributed by atoms with Crippen LogP contribution in [0.5, 0.6) is 0 Å². The SMILES string of the molecule is O=C(O)[C@H]1O[C@@H](O[C@H]2[C@@H](O)[C@@H](CO)O[C@@H](O[C@H]3[C@H](O)[C@@H](O)[C@H](O)O[C@@H]3CO)[C@@H]2O)[C@H](O)[C@@H](OS(=O)(=O)O)[C@@H]1O. The van der Waals surface area contributed by atoms with E-state index in [4.69, 9.17) is 28.2 Å². The minimum Gasteiger partial charge on any atom is -0.479 e. The number of rotatable bonds is 9. The molecule has 3 aliphatic rings. The molecular weight excluding hydrogens is 568 g/mol. The Morgan fingerprint density at radius 2 is 1.21 bits per heavy atom. The van der Waals surface area contributed by atoms with Gasteiger partial charge in [-0.3, -0.25) is 4.55 Å². The Bertz CT molecular complexity index is 932. The van der Waals surface area contributed by atoms with E-state index in [1.165, 1.54) is 0 Å². The van der Waals surface area contributed by atoms with Gasteiger partial charge in [0.25, 0.3) is 0 Å². The van der Waals surface area contributed by atoms with E-state index in [0.717, 1.165) is 0 Å². The number of ether oxygens (including phenoxy) is 5. The molecule has 228 valence electrons.